The van der Waals surface area contributed by atoms with Crippen molar-refractivity contribution in [3.05, 3.63) is 71.8 Å². The van der Waals surface area contributed by atoms with E-state index >= 15 is 0 Å². The Balaban J connectivity index is 1.79. The highest BCUT2D eigenvalue weighted by atomic mass is 16.2. The molecule has 1 aromatic carbocycles. The number of nitrogens with zero attached hydrogens (tertiary/aromatic N) is 4. The molecule has 2 heterocycles. The standard InChI is InChI=1S/C17H17N5O/c1-12(15-10-6-7-11-18-15)19-17(23)16-13(2)20-22(21-16)14-8-4-3-5-9-14/h3-12H,1-2H3,(H,19,23). The van der Waals surface area contributed by atoms with E-state index in [2.05, 4.69) is 20.5 Å². The monoisotopic (exact) mass is 307 g/mol. The summed E-state index contributed by atoms with van der Waals surface area (Å²) in [5.74, 6) is -0.261. The molecule has 2 aromatic heterocycles. The van der Waals surface area contributed by atoms with Gasteiger partial charge in [0.2, 0.25) is 0 Å². The molecule has 0 bridgehead atoms. The van der Waals surface area contributed by atoms with Gasteiger partial charge < -0.3 is 5.32 Å². The molecule has 0 spiro atoms. The number of rotatable bonds is 4. The maximum atomic E-state index is 12.4. The average molecular weight is 307 g/mol. The van der Waals surface area contributed by atoms with Crippen LogP contribution in [-0.2, 0) is 0 Å². The van der Waals surface area contributed by atoms with Crippen molar-refractivity contribution in [2.24, 2.45) is 0 Å². The lowest BCUT2D eigenvalue weighted by Gasteiger charge is -2.12. The normalized spacial score (nSPS) is 11.9. The predicted octanol–water partition coefficient (Wildman–Crippen LogP) is 2.46. The third-order valence-corrected chi connectivity index (χ3v) is 3.46. The summed E-state index contributed by atoms with van der Waals surface area (Å²) in [6.07, 6.45) is 1.70. The number of amides is 1. The van der Waals surface area contributed by atoms with Crippen molar-refractivity contribution < 1.29 is 4.79 Å². The lowest BCUT2D eigenvalue weighted by atomic mass is 10.2. The van der Waals surface area contributed by atoms with Gasteiger partial charge in [0.15, 0.2) is 5.69 Å². The second-order valence-corrected chi connectivity index (χ2v) is 5.21. The first-order valence-corrected chi connectivity index (χ1v) is 7.36. The van der Waals surface area contributed by atoms with Crippen molar-refractivity contribution >= 4 is 5.91 Å². The second kappa shape index (κ2) is 6.39. The molecule has 0 aliphatic heterocycles. The zero-order chi connectivity index (χ0) is 16.2. The molecule has 0 saturated heterocycles. The Bertz CT molecular complexity index is 798. The topological polar surface area (TPSA) is 72.7 Å². The molecule has 1 amide bonds. The van der Waals surface area contributed by atoms with Gasteiger partial charge in [0, 0.05) is 6.20 Å². The van der Waals surface area contributed by atoms with Gasteiger partial charge in [-0.15, -0.1) is 5.10 Å². The Hall–Kier alpha value is -3.02. The van der Waals surface area contributed by atoms with Crippen LogP contribution in [0.1, 0.15) is 34.8 Å². The van der Waals surface area contributed by atoms with E-state index in [1.54, 1.807) is 13.1 Å². The number of para-hydroxylation sites is 1. The molecule has 0 fully saturated rings. The van der Waals surface area contributed by atoms with Crippen molar-refractivity contribution in [3.8, 4) is 5.69 Å². The van der Waals surface area contributed by atoms with Gasteiger partial charge in [-0.25, -0.2) is 0 Å². The molecule has 23 heavy (non-hydrogen) atoms. The third-order valence-electron chi connectivity index (χ3n) is 3.46. The smallest absolute Gasteiger partial charge is 0.274 e. The summed E-state index contributed by atoms with van der Waals surface area (Å²) in [7, 11) is 0. The summed E-state index contributed by atoms with van der Waals surface area (Å²) in [6, 6.07) is 14.9. The molecule has 0 radical (unpaired) electrons. The van der Waals surface area contributed by atoms with Gasteiger partial charge in [0.25, 0.3) is 5.91 Å². The van der Waals surface area contributed by atoms with E-state index in [4.69, 9.17) is 0 Å². The van der Waals surface area contributed by atoms with Crippen molar-refractivity contribution in [2.75, 3.05) is 0 Å². The third kappa shape index (κ3) is 3.26. The van der Waals surface area contributed by atoms with Crippen LogP contribution < -0.4 is 5.32 Å². The lowest BCUT2D eigenvalue weighted by Crippen LogP contribution is -2.28. The number of aryl methyl sites for hydroxylation is 1. The highest BCUT2D eigenvalue weighted by Crippen LogP contribution is 2.12. The highest BCUT2D eigenvalue weighted by molar-refractivity contribution is 5.93. The number of carbonyl (C=O) groups is 1. The van der Waals surface area contributed by atoms with Crippen molar-refractivity contribution in [2.45, 2.75) is 19.9 Å². The van der Waals surface area contributed by atoms with Gasteiger partial charge in [0.05, 0.1) is 23.1 Å². The fraction of sp³-hybridized carbons (Fsp3) is 0.176. The molecule has 1 unspecified atom stereocenters. The maximum Gasteiger partial charge on any atom is 0.274 e. The van der Waals surface area contributed by atoms with Gasteiger partial charge in [-0.1, -0.05) is 24.3 Å². The van der Waals surface area contributed by atoms with E-state index in [1.807, 2.05) is 55.5 Å². The first-order chi connectivity index (χ1) is 11.1. The van der Waals surface area contributed by atoms with E-state index in [1.165, 1.54) is 4.80 Å². The van der Waals surface area contributed by atoms with Crippen LogP contribution in [0.15, 0.2) is 54.7 Å². The minimum Gasteiger partial charge on any atom is -0.342 e. The molecule has 0 saturated carbocycles. The fourth-order valence-corrected chi connectivity index (χ4v) is 2.24. The second-order valence-electron chi connectivity index (χ2n) is 5.21. The van der Waals surface area contributed by atoms with Crippen LogP contribution in [0.3, 0.4) is 0 Å². The fourth-order valence-electron chi connectivity index (χ4n) is 2.24. The first kappa shape index (κ1) is 14.9. The van der Waals surface area contributed by atoms with Gasteiger partial charge >= 0.3 is 0 Å². The van der Waals surface area contributed by atoms with Gasteiger partial charge in [-0.2, -0.15) is 9.90 Å². The molecule has 0 aliphatic rings. The molecular formula is C17H17N5O. The van der Waals surface area contributed by atoms with E-state index in [0.717, 1.165) is 11.4 Å². The van der Waals surface area contributed by atoms with E-state index in [0.29, 0.717) is 11.4 Å². The molecule has 6 nitrogen and oxygen atoms in total. The summed E-state index contributed by atoms with van der Waals surface area (Å²) in [6.45, 7) is 3.66. The number of hydrogen-bond acceptors (Lipinski definition) is 4. The quantitative estimate of drug-likeness (QED) is 0.803. The Morgan fingerprint density at radius 3 is 2.52 bits per heavy atom. The maximum absolute atomic E-state index is 12.4. The number of aromatic nitrogens is 4. The Morgan fingerprint density at radius 2 is 1.83 bits per heavy atom. The molecule has 116 valence electrons. The van der Waals surface area contributed by atoms with Crippen LogP contribution in [0.2, 0.25) is 0 Å². The van der Waals surface area contributed by atoms with Crippen LogP contribution in [-0.4, -0.2) is 25.9 Å². The summed E-state index contributed by atoms with van der Waals surface area (Å²) in [4.78, 5) is 18.2. The van der Waals surface area contributed by atoms with Crippen LogP contribution in [0, 0.1) is 6.92 Å². The molecule has 1 atom stereocenters. The first-order valence-electron chi connectivity index (χ1n) is 7.36. The van der Waals surface area contributed by atoms with Crippen molar-refractivity contribution in [3.63, 3.8) is 0 Å². The molecule has 3 rings (SSSR count). The van der Waals surface area contributed by atoms with Crippen LogP contribution in [0.4, 0.5) is 0 Å². The molecular weight excluding hydrogens is 290 g/mol. The minimum atomic E-state index is -0.261. The number of nitrogens with one attached hydrogen (secondary N) is 1. The zero-order valence-electron chi connectivity index (χ0n) is 13.0. The van der Waals surface area contributed by atoms with Gasteiger partial charge in [-0.05, 0) is 38.1 Å². The van der Waals surface area contributed by atoms with Gasteiger partial charge in [0.1, 0.15) is 0 Å². The van der Waals surface area contributed by atoms with E-state index in [-0.39, 0.29) is 11.9 Å². The zero-order valence-corrected chi connectivity index (χ0v) is 13.0. The predicted molar refractivity (Wildman–Crippen MR) is 86.2 cm³/mol. The Morgan fingerprint density at radius 1 is 1.09 bits per heavy atom. The molecule has 1 N–H and O–H groups in total. The highest BCUT2D eigenvalue weighted by Gasteiger charge is 2.19. The molecule has 0 aliphatic carbocycles. The SMILES string of the molecule is Cc1nn(-c2ccccc2)nc1C(=O)NC(C)c1ccccn1. The minimum absolute atomic E-state index is 0.204. The summed E-state index contributed by atoms with van der Waals surface area (Å²) < 4.78 is 0. The Kier molecular flexibility index (Phi) is 4.14. The van der Waals surface area contributed by atoms with Crippen LogP contribution in [0.5, 0.6) is 0 Å². The number of pyridine rings is 1. The summed E-state index contributed by atoms with van der Waals surface area (Å²) >= 11 is 0. The molecule has 3 aromatic rings. The lowest BCUT2D eigenvalue weighted by molar-refractivity contribution is 0.0933. The number of carbonyl (C=O) groups excluding carboxylic acids is 1. The number of benzene rings is 1. The van der Waals surface area contributed by atoms with Gasteiger partial charge in [-0.3, -0.25) is 9.78 Å². The molecule has 6 heteroatoms. The number of hydrogen-bond donors (Lipinski definition) is 1. The van der Waals surface area contributed by atoms with Crippen molar-refractivity contribution in [1.29, 1.82) is 0 Å². The van der Waals surface area contributed by atoms with E-state index in [9.17, 15) is 4.79 Å². The summed E-state index contributed by atoms with van der Waals surface area (Å²) in [5, 5.41) is 11.5. The van der Waals surface area contributed by atoms with E-state index < -0.39 is 0 Å². The van der Waals surface area contributed by atoms with Crippen LogP contribution >= 0.6 is 0 Å². The summed E-state index contributed by atoms with van der Waals surface area (Å²) in [5.41, 5.74) is 2.51. The van der Waals surface area contributed by atoms with Crippen molar-refractivity contribution in [1.82, 2.24) is 25.3 Å². The van der Waals surface area contributed by atoms with Crippen LogP contribution in [0.25, 0.3) is 5.69 Å². The largest absolute Gasteiger partial charge is 0.342 e. The Labute approximate surface area is 134 Å². The average Bonchev–Trinajstić information content (AvgIpc) is 2.98.